The van der Waals surface area contributed by atoms with Crippen molar-refractivity contribution in [3.63, 3.8) is 0 Å². The number of aromatic nitrogens is 6. The summed E-state index contributed by atoms with van der Waals surface area (Å²) >= 11 is 0. The van der Waals surface area contributed by atoms with Crippen molar-refractivity contribution in [3.05, 3.63) is 42.2 Å². The maximum absolute atomic E-state index is 8.08. The lowest BCUT2D eigenvalue weighted by molar-refractivity contribution is -0.127. The summed E-state index contributed by atoms with van der Waals surface area (Å²) in [5, 5.41) is 16.2. The van der Waals surface area contributed by atoms with Crippen LogP contribution in [0.25, 0.3) is 22.2 Å². The molecule has 0 aliphatic heterocycles. The molecule has 3 aromatic heterocycles. The van der Waals surface area contributed by atoms with E-state index in [1.807, 2.05) is 11.7 Å². The Bertz CT molecular complexity index is 1490. The van der Waals surface area contributed by atoms with Crippen LogP contribution in [-0.2, 0) is 23.1 Å². The number of aliphatic hydroxyl groups is 2. The lowest BCUT2D eigenvalue weighted by Gasteiger charge is -2.46. The molecule has 1 aromatic carbocycles. The monoisotopic (exact) mass is 608 g/mol. The van der Waals surface area contributed by atoms with Crippen LogP contribution >= 0.6 is 0 Å². The van der Waals surface area contributed by atoms with Crippen molar-refractivity contribution in [1.82, 2.24) is 34.4 Å². The van der Waals surface area contributed by atoms with Gasteiger partial charge in [-0.3, -0.25) is 4.90 Å². The van der Waals surface area contributed by atoms with E-state index in [9.17, 15) is 0 Å². The Morgan fingerprint density at radius 2 is 1.82 bits per heavy atom. The molecule has 1 fully saturated rings. The number of fused-ring (bicyclic) bond motifs is 2. The van der Waals surface area contributed by atoms with Gasteiger partial charge < -0.3 is 30.2 Å². The molecule has 1 unspecified atom stereocenters. The number of aryl methyl sites for hydroxylation is 2. The number of benzene rings is 1. The van der Waals surface area contributed by atoms with E-state index in [-0.39, 0.29) is 11.5 Å². The predicted molar refractivity (Wildman–Crippen MR) is 175 cm³/mol. The van der Waals surface area contributed by atoms with Crippen LogP contribution in [0.4, 0.5) is 5.82 Å². The van der Waals surface area contributed by atoms with Crippen molar-refractivity contribution >= 4 is 28.0 Å². The van der Waals surface area contributed by atoms with Gasteiger partial charge in [-0.15, -0.1) is 0 Å². The van der Waals surface area contributed by atoms with Crippen LogP contribution < -0.4 is 5.73 Å². The Morgan fingerprint density at radius 1 is 1.11 bits per heavy atom. The molecule has 1 aliphatic carbocycles. The van der Waals surface area contributed by atoms with Crippen LogP contribution in [-0.4, -0.2) is 82.2 Å². The van der Waals surface area contributed by atoms with Gasteiger partial charge in [0, 0.05) is 38.7 Å². The highest BCUT2D eigenvalue weighted by atomic mass is 16.5. The Balaban J connectivity index is 0.000000818. The van der Waals surface area contributed by atoms with E-state index in [2.05, 4.69) is 77.7 Å². The van der Waals surface area contributed by atoms with E-state index < -0.39 is 5.79 Å². The quantitative estimate of drug-likeness (QED) is 0.176. The Labute approximate surface area is 261 Å². The average Bonchev–Trinajstić information content (AvgIpc) is 3.51. The number of imidazole rings is 2. The number of ether oxygens (including phenoxy) is 1. The third-order valence-corrected chi connectivity index (χ3v) is 8.40. The number of hydrogen-bond acceptors (Lipinski definition) is 9. The van der Waals surface area contributed by atoms with Crippen molar-refractivity contribution in [3.8, 4) is 0 Å². The van der Waals surface area contributed by atoms with E-state index in [1.165, 1.54) is 45.0 Å². The highest BCUT2D eigenvalue weighted by molar-refractivity contribution is 5.81. The number of nitrogens with one attached hydrogen (secondary N) is 1. The molecule has 0 amide bonds. The van der Waals surface area contributed by atoms with Crippen LogP contribution in [0.15, 0.2) is 30.9 Å². The number of nitrogens with two attached hydrogens (primary N) is 1. The average molecular weight is 609 g/mol. The summed E-state index contributed by atoms with van der Waals surface area (Å²) in [6.45, 7) is 15.6. The number of aromatic amines is 1. The van der Waals surface area contributed by atoms with E-state index in [1.54, 1.807) is 6.33 Å². The fraction of sp³-hybridized carbons (Fsp3) is 0.636. The van der Waals surface area contributed by atoms with Gasteiger partial charge in [-0.25, -0.2) is 19.9 Å². The van der Waals surface area contributed by atoms with E-state index >= 15 is 0 Å². The highest BCUT2D eigenvalue weighted by Crippen LogP contribution is 2.36. The molecular weight excluding hydrogens is 556 g/mol. The minimum absolute atomic E-state index is 0.136. The number of H-pyrrole nitrogens is 1. The lowest BCUT2D eigenvalue weighted by Crippen LogP contribution is -2.51. The first kappa shape index (κ1) is 33.8. The standard InChI is InChI=1S/C30H44N8O.C3H8O2/c1-19(2)38(16-23(39-6)11-12-37-18-34-27-28(31)32-17-33-29(27)37)22-13-20(14-22)7-10-26-35-24-9-8-21(30(3,4)5)15-25(24)36-26;1-3(2,4)5/h8-9,15,17-20,22-23H,7,10-14,16H2,1-6H3,(H,35,36)(H2,31,32,33);4-5H,1-2H3. The summed E-state index contributed by atoms with van der Waals surface area (Å²) < 4.78 is 7.97. The molecule has 5 rings (SSSR count). The molecule has 0 saturated heterocycles. The highest BCUT2D eigenvalue weighted by Gasteiger charge is 2.35. The van der Waals surface area contributed by atoms with Crippen molar-refractivity contribution in [2.45, 2.75) is 117 Å². The minimum Gasteiger partial charge on any atom is -0.382 e. The minimum atomic E-state index is -1.50. The van der Waals surface area contributed by atoms with Crippen LogP contribution in [0.2, 0.25) is 0 Å². The number of rotatable bonds is 11. The first-order chi connectivity index (χ1) is 20.6. The third kappa shape index (κ3) is 8.97. The summed E-state index contributed by atoms with van der Waals surface area (Å²) in [6, 6.07) is 7.71. The van der Waals surface area contributed by atoms with Crippen LogP contribution in [0.5, 0.6) is 0 Å². The molecule has 0 spiro atoms. The molecule has 3 heterocycles. The van der Waals surface area contributed by atoms with Crippen molar-refractivity contribution in [2.75, 3.05) is 19.4 Å². The molecule has 11 heteroatoms. The fourth-order valence-corrected chi connectivity index (χ4v) is 5.84. The SMILES string of the molecule is CC(C)(O)O.COC(CCn1cnc2c(N)ncnc21)CN(C(C)C)C1CC(CCc2nc3ccc(C(C)(C)C)cc3[nH]2)C1. The van der Waals surface area contributed by atoms with Crippen LogP contribution in [0.1, 0.15) is 85.5 Å². The van der Waals surface area contributed by atoms with Gasteiger partial charge in [0.2, 0.25) is 0 Å². The second-order valence-electron chi connectivity index (χ2n) is 14.0. The van der Waals surface area contributed by atoms with E-state index in [0.717, 1.165) is 54.4 Å². The summed E-state index contributed by atoms with van der Waals surface area (Å²) in [6.07, 6.45) is 8.98. The van der Waals surface area contributed by atoms with Gasteiger partial charge in [0.1, 0.15) is 17.7 Å². The van der Waals surface area contributed by atoms with Crippen molar-refractivity contribution in [1.29, 1.82) is 0 Å². The summed E-state index contributed by atoms with van der Waals surface area (Å²) in [7, 11) is 1.82. The normalized spacial score (nSPS) is 18.1. The predicted octanol–water partition coefficient (Wildman–Crippen LogP) is 4.82. The zero-order chi connectivity index (χ0) is 32.2. The molecule has 242 valence electrons. The molecule has 5 N–H and O–H groups in total. The molecule has 0 radical (unpaired) electrons. The second-order valence-corrected chi connectivity index (χ2v) is 14.0. The van der Waals surface area contributed by atoms with Gasteiger partial charge in [-0.2, -0.15) is 0 Å². The summed E-state index contributed by atoms with van der Waals surface area (Å²) in [4.78, 5) is 23.9. The van der Waals surface area contributed by atoms with Crippen LogP contribution in [0.3, 0.4) is 0 Å². The first-order valence-electron chi connectivity index (χ1n) is 15.8. The number of nitrogens with zero attached hydrogens (tertiary/aromatic N) is 6. The second kappa shape index (κ2) is 13.9. The lowest BCUT2D eigenvalue weighted by atomic mass is 9.76. The third-order valence-electron chi connectivity index (χ3n) is 8.40. The molecule has 44 heavy (non-hydrogen) atoms. The Morgan fingerprint density at radius 3 is 2.45 bits per heavy atom. The van der Waals surface area contributed by atoms with E-state index in [4.69, 9.17) is 25.7 Å². The fourth-order valence-electron chi connectivity index (χ4n) is 5.84. The molecule has 1 saturated carbocycles. The van der Waals surface area contributed by atoms with Gasteiger partial charge >= 0.3 is 0 Å². The van der Waals surface area contributed by atoms with Crippen molar-refractivity contribution in [2.24, 2.45) is 5.92 Å². The zero-order valence-electron chi connectivity index (χ0n) is 27.7. The van der Waals surface area contributed by atoms with Crippen molar-refractivity contribution < 1.29 is 14.9 Å². The maximum Gasteiger partial charge on any atom is 0.165 e. The Hall–Kier alpha value is -3.12. The number of hydrogen-bond donors (Lipinski definition) is 4. The molecule has 0 bridgehead atoms. The molecule has 11 nitrogen and oxygen atoms in total. The van der Waals surface area contributed by atoms with Gasteiger partial charge in [0.05, 0.1) is 23.5 Å². The smallest absolute Gasteiger partial charge is 0.165 e. The summed E-state index contributed by atoms with van der Waals surface area (Å²) in [5.74, 6) is 0.777. The Kier molecular flexibility index (Phi) is 10.7. The molecule has 1 atom stereocenters. The largest absolute Gasteiger partial charge is 0.382 e. The van der Waals surface area contributed by atoms with Crippen LogP contribution in [0, 0.1) is 5.92 Å². The number of nitrogen functional groups attached to an aromatic ring is 1. The first-order valence-corrected chi connectivity index (χ1v) is 15.8. The number of anilines is 1. The zero-order valence-corrected chi connectivity index (χ0v) is 27.7. The topological polar surface area (TPSA) is 151 Å². The molecule has 4 aromatic rings. The molecular formula is C33H52N8O3. The van der Waals surface area contributed by atoms with Gasteiger partial charge in [-0.1, -0.05) is 26.8 Å². The summed E-state index contributed by atoms with van der Waals surface area (Å²) in [5.41, 5.74) is 11.1. The molecule has 1 aliphatic rings. The maximum atomic E-state index is 8.08. The van der Waals surface area contributed by atoms with Gasteiger partial charge in [-0.05, 0) is 82.4 Å². The van der Waals surface area contributed by atoms with E-state index in [0.29, 0.717) is 23.4 Å². The number of methoxy groups -OCH3 is 1. The van der Waals surface area contributed by atoms with Gasteiger partial charge in [0.25, 0.3) is 0 Å². The van der Waals surface area contributed by atoms with Gasteiger partial charge in [0.15, 0.2) is 17.3 Å².